The zero-order chi connectivity index (χ0) is 18.0. The molecule has 0 aromatic heterocycles. The van der Waals surface area contributed by atoms with Crippen molar-refractivity contribution in [2.45, 2.75) is 6.54 Å². The van der Waals surface area contributed by atoms with Crippen LogP contribution in [0.3, 0.4) is 0 Å². The minimum Gasteiger partial charge on any atom is -0.505 e. The van der Waals surface area contributed by atoms with Gasteiger partial charge in [0.2, 0.25) is 0 Å². The van der Waals surface area contributed by atoms with Crippen molar-refractivity contribution in [2.24, 2.45) is 5.73 Å². The van der Waals surface area contributed by atoms with Gasteiger partial charge in [0.15, 0.2) is 11.6 Å². The van der Waals surface area contributed by atoms with Crippen molar-refractivity contribution < 1.29 is 18.7 Å². The second-order valence-corrected chi connectivity index (χ2v) is 6.07. The number of benzene rings is 2. The van der Waals surface area contributed by atoms with Gasteiger partial charge in [0.05, 0.1) is 5.56 Å². The van der Waals surface area contributed by atoms with Gasteiger partial charge in [0, 0.05) is 38.4 Å². The number of aromatic hydroxyl groups is 1. The lowest BCUT2D eigenvalue weighted by molar-refractivity contribution is 0.1000. The van der Waals surface area contributed by atoms with Crippen molar-refractivity contribution in [3.8, 4) is 5.75 Å². The van der Waals surface area contributed by atoms with Gasteiger partial charge in [0.1, 0.15) is 5.82 Å². The Morgan fingerprint density at radius 1 is 1.08 bits per heavy atom. The highest BCUT2D eigenvalue weighted by Gasteiger charge is 2.21. The van der Waals surface area contributed by atoms with E-state index < -0.39 is 17.5 Å². The summed E-state index contributed by atoms with van der Waals surface area (Å²) in [6, 6.07) is 8.40. The van der Waals surface area contributed by atoms with Gasteiger partial charge in [-0.2, -0.15) is 0 Å². The number of hydrogen-bond acceptors (Lipinski definition) is 4. The van der Waals surface area contributed by atoms with Crippen molar-refractivity contribution in [2.75, 3.05) is 31.1 Å². The van der Waals surface area contributed by atoms with Crippen LogP contribution in [0.2, 0.25) is 0 Å². The molecule has 0 bridgehead atoms. The number of anilines is 1. The van der Waals surface area contributed by atoms with Crippen LogP contribution in [0.4, 0.5) is 14.5 Å². The average molecular weight is 347 g/mol. The molecule has 1 aliphatic rings. The summed E-state index contributed by atoms with van der Waals surface area (Å²) in [4.78, 5) is 15.7. The van der Waals surface area contributed by atoms with Gasteiger partial charge >= 0.3 is 0 Å². The molecule has 2 aromatic carbocycles. The second-order valence-electron chi connectivity index (χ2n) is 6.07. The SMILES string of the molecule is NC(=O)c1cc(F)ccc1N1CCN(Cc2ccc(O)c(F)c2)CC1. The number of carbonyl (C=O) groups is 1. The maximum absolute atomic E-state index is 13.4. The summed E-state index contributed by atoms with van der Waals surface area (Å²) in [6.45, 7) is 3.27. The topological polar surface area (TPSA) is 69.8 Å². The van der Waals surface area contributed by atoms with E-state index in [1.54, 1.807) is 12.1 Å². The number of piperazine rings is 1. The van der Waals surface area contributed by atoms with Crippen molar-refractivity contribution in [3.63, 3.8) is 0 Å². The number of primary amides is 1. The fourth-order valence-corrected chi connectivity index (χ4v) is 3.04. The highest BCUT2D eigenvalue weighted by atomic mass is 19.1. The maximum Gasteiger partial charge on any atom is 0.250 e. The van der Waals surface area contributed by atoms with Crippen molar-refractivity contribution in [1.29, 1.82) is 0 Å². The summed E-state index contributed by atoms with van der Waals surface area (Å²) in [6.07, 6.45) is 0. The van der Waals surface area contributed by atoms with E-state index in [1.807, 2.05) is 4.90 Å². The molecule has 1 aliphatic heterocycles. The first kappa shape index (κ1) is 17.2. The Bertz CT molecular complexity index is 790. The first-order chi connectivity index (χ1) is 11.9. The van der Waals surface area contributed by atoms with Crippen LogP contribution in [0, 0.1) is 11.6 Å². The van der Waals surface area contributed by atoms with E-state index in [2.05, 4.69) is 4.90 Å². The normalized spacial score (nSPS) is 15.4. The largest absolute Gasteiger partial charge is 0.505 e. The molecule has 3 N–H and O–H groups in total. The third-order valence-electron chi connectivity index (χ3n) is 4.36. The number of nitrogens with two attached hydrogens (primary N) is 1. The molecule has 1 saturated heterocycles. The molecule has 132 valence electrons. The van der Waals surface area contributed by atoms with Crippen LogP contribution in [-0.2, 0) is 6.54 Å². The maximum atomic E-state index is 13.4. The Morgan fingerprint density at radius 3 is 2.44 bits per heavy atom. The van der Waals surface area contributed by atoms with E-state index in [4.69, 9.17) is 5.73 Å². The standard InChI is InChI=1S/C18H19F2N3O2/c19-13-2-3-16(14(10-13)18(21)25)23-7-5-22(6-8-23)11-12-1-4-17(24)15(20)9-12/h1-4,9-10,24H,5-8,11H2,(H2,21,25). The minimum atomic E-state index is -0.656. The minimum absolute atomic E-state index is 0.175. The number of amides is 1. The highest BCUT2D eigenvalue weighted by molar-refractivity contribution is 5.98. The van der Waals surface area contributed by atoms with Crippen LogP contribution >= 0.6 is 0 Å². The molecular weight excluding hydrogens is 328 g/mol. The van der Waals surface area contributed by atoms with Crippen LogP contribution < -0.4 is 10.6 Å². The fraction of sp³-hybridized carbons (Fsp3) is 0.278. The molecular formula is C18H19F2N3O2. The molecule has 25 heavy (non-hydrogen) atoms. The van der Waals surface area contributed by atoms with E-state index in [1.165, 1.54) is 18.2 Å². The molecule has 0 radical (unpaired) electrons. The summed E-state index contributed by atoms with van der Waals surface area (Å²) in [5.74, 6) is -2.14. The summed E-state index contributed by atoms with van der Waals surface area (Å²) in [5, 5.41) is 9.24. The van der Waals surface area contributed by atoms with Crippen LogP contribution in [0.15, 0.2) is 36.4 Å². The lowest BCUT2D eigenvalue weighted by atomic mass is 10.1. The van der Waals surface area contributed by atoms with Gasteiger partial charge < -0.3 is 15.7 Å². The number of halogens is 2. The zero-order valence-electron chi connectivity index (χ0n) is 13.6. The van der Waals surface area contributed by atoms with Crippen molar-refractivity contribution in [3.05, 3.63) is 59.2 Å². The van der Waals surface area contributed by atoms with Gasteiger partial charge in [-0.05, 0) is 35.9 Å². The molecule has 1 heterocycles. The summed E-state index contributed by atoms with van der Waals surface area (Å²) in [5.41, 5.74) is 6.93. The molecule has 3 rings (SSSR count). The monoisotopic (exact) mass is 347 g/mol. The summed E-state index contributed by atoms with van der Waals surface area (Å²) >= 11 is 0. The lowest BCUT2D eigenvalue weighted by Crippen LogP contribution is -2.46. The quantitative estimate of drug-likeness (QED) is 0.889. The smallest absolute Gasteiger partial charge is 0.250 e. The Morgan fingerprint density at radius 2 is 1.80 bits per heavy atom. The van der Waals surface area contributed by atoms with Gasteiger partial charge in [-0.25, -0.2) is 8.78 Å². The molecule has 0 unspecified atom stereocenters. The Hall–Kier alpha value is -2.67. The molecule has 2 aromatic rings. The zero-order valence-corrected chi connectivity index (χ0v) is 13.6. The first-order valence-corrected chi connectivity index (χ1v) is 7.98. The van der Waals surface area contributed by atoms with Gasteiger partial charge in [-0.3, -0.25) is 9.69 Å². The number of carbonyl (C=O) groups excluding carboxylic acids is 1. The summed E-state index contributed by atoms with van der Waals surface area (Å²) < 4.78 is 26.8. The van der Waals surface area contributed by atoms with E-state index in [-0.39, 0.29) is 11.3 Å². The fourth-order valence-electron chi connectivity index (χ4n) is 3.04. The highest BCUT2D eigenvalue weighted by Crippen LogP contribution is 2.24. The number of phenolic OH excluding ortho intramolecular Hbond substituents is 1. The Kier molecular flexibility index (Phi) is 4.85. The molecule has 1 amide bonds. The third kappa shape index (κ3) is 3.88. The van der Waals surface area contributed by atoms with Crippen molar-refractivity contribution >= 4 is 11.6 Å². The average Bonchev–Trinajstić information content (AvgIpc) is 2.59. The van der Waals surface area contributed by atoms with Gasteiger partial charge in [-0.15, -0.1) is 0 Å². The molecule has 1 fully saturated rings. The molecule has 7 heteroatoms. The molecule has 0 saturated carbocycles. The number of nitrogens with zero attached hydrogens (tertiary/aromatic N) is 2. The van der Waals surface area contributed by atoms with Crippen LogP contribution in [0.25, 0.3) is 0 Å². The predicted octanol–water partition coefficient (Wildman–Crippen LogP) is 2.09. The molecule has 0 atom stereocenters. The Balaban J connectivity index is 1.66. The van der Waals surface area contributed by atoms with Gasteiger partial charge in [0.25, 0.3) is 5.91 Å². The molecule has 0 spiro atoms. The number of rotatable bonds is 4. The second kappa shape index (κ2) is 7.06. The Labute approximate surface area is 144 Å². The third-order valence-corrected chi connectivity index (χ3v) is 4.36. The van der Waals surface area contributed by atoms with Crippen LogP contribution in [0.1, 0.15) is 15.9 Å². The van der Waals surface area contributed by atoms with Crippen LogP contribution in [-0.4, -0.2) is 42.1 Å². The van der Waals surface area contributed by atoms with Gasteiger partial charge in [-0.1, -0.05) is 6.07 Å². The van der Waals surface area contributed by atoms with Crippen molar-refractivity contribution in [1.82, 2.24) is 4.90 Å². The number of hydrogen-bond donors (Lipinski definition) is 2. The van der Waals surface area contributed by atoms with Crippen LogP contribution in [0.5, 0.6) is 5.75 Å². The predicted molar refractivity (Wildman–Crippen MR) is 90.5 cm³/mol. The first-order valence-electron chi connectivity index (χ1n) is 7.98. The number of phenols is 1. The molecule has 0 aliphatic carbocycles. The summed E-state index contributed by atoms with van der Waals surface area (Å²) in [7, 11) is 0. The molecule has 5 nitrogen and oxygen atoms in total. The van der Waals surface area contributed by atoms with E-state index in [0.29, 0.717) is 38.4 Å². The van der Waals surface area contributed by atoms with E-state index >= 15 is 0 Å². The van der Waals surface area contributed by atoms with E-state index in [0.717, 1.165) is 11.6 Å². The lowest BCUT2D eigenvalue weighted by Gasteiger charge is -2.36. The van der Waals surface area contributed by atoms with E-state index in [9.17, 15) is 18.7 Å².